The van der Waals surface area contributed by atoms with E-state index in [0.29, 0.717) is 18.3 Å². The standard InChI is InChI=1S/C16H14O3/c17-12-15(11-13-7-3-1-4-8-13)19-16(18)14-9-5-2-6-10-14/h1-10,12,15H,11H2. The summed E-state index contributed by atoms with van der Waals surface area (Å²) in [6.45, 7) is 0. The SMILES string of the molecule is O=CC(Cc1ccccc1)OC(=O)c1ccccc1. The minimum absolute atomic E-state index is 0.392. The zero-order valence-electron chi connectivity index (χ0n) is 10.4. The molecule has 2 aromatic carbocycles. The van der Waals surface area contributed by atoms with Gasteiger partial charge in [-0.15, -0.1) is 0 Å². The van der Waals surface area contributed by atoms with Gasteiger partial charge < -0.3 is 4.74 Å². The predicted octanol–water partition coefficient (Wildman–Crippen LogP) is 2.65. The maximum Gasteiger partial charge on any atom is 0.338 e. The lowest BCUT2D eigenvalue weighted by atomic mass is 10.1. The Morgan fingerprint density at radius 2 is 1.58 bits per heavy atom. The fourth-order valence-corrected chi connectivity index (χ4v) is 1.74. The average Bonchev–Trinajstić information content (AvgIpc) is 2.48. The van der Waals surface area contributed by atoms with Gasteiger partial charge in [0.1, 0.15) is 0 Å². The van der Waals surface area contributed by atoms with E-state index in [2.05, 4.69) is 0 Å². The highest BCUT2D eigenvalue weighted by Gasteiger charge is 2.15. The summed E-state index contributed by atoms with van der Waals surface area (Å²) < 4.78 is 5.18. The van der Waals surface area contributed by atoms with Crippen LogP contribution < -0.4 is 0 Å². The highest BCUT2D eigenvalue weighted by atomic mass is 16.5. The van der Waals surface area contributed by atoms with Crippen molar-refractivity contribution < 1.29 is 14.3 Å². The number of benzene rings is 2. The first-order chi connectivity index (χ1) is 9.29. The number of rotatable bonds is 5. The molecule has 0 amide bonds. The second-order valence-electron chi connectivity index (χ2n) is 4.14. The zero-order valence-corrected chi connectivity index (χ0v) is 10.4. The summed E-state index contributed by atoms with van der Waals surface area (Å²) in [4.78, 5) is 22.8. The lowest BCUT2D eigenvalue weighted by Crippen LogP contribution is -2.22. The molecule has 3 nitrogen and oxygen atoms in total. The topological polar surface area (TPSA) is 43.4 Å². The highest BCUT2D eigenvalue weighted by Crippen LogP contribution is 2.08. The van der Waals surface area contributed by atoms with Crippen LogP contribution in [0.4, 0.5) is 0 Å². The fraction of sp³-hybridized carbons (Fsp3) is 0.125. The number of aldehydes is 1. The largest absolute Gasteiger partial charge is 0.451 e. The van der Waals surface area contributed by atoms with Gasteiger partial charge in [0.25, 0.3) is 0 Å². The molecule has 1 atom stereocenters. The monoisotopic (exact) mass is 254 g/mol. The molecule has 96 valence electrons. The molecule has 2 aromatic rings. The van der Waals surface area contributed by atoms with Crippen LogP contribution in [-0.4, -0.2) is 18.4 Å². The summed E-state index contributed by atoms with van der Waals surface area (Å²) in [7, 11) is 0. The van der Waals surface area contributed by atoms with Crippen LogP contribution in [0.2, 0.25) is 0 Å². The van der Waals surface area contributed by atoms with Gasteiger partial charge in [-0.25, -0.2) is 4.79 Å². The maximum atomic E-state index is 11.8. The van der Waals surface area contributed by atoms with E-state index >= 15 is 0 Å². The molecule has 0 radical (unpaired) electrons. The maximum absolute atomic E-state index is 11.8. The Balaban J connectivity index is 2.00. The average molecular weight is 254 g/mol. The van der Waals surface area contributed by atoms with Crippen LogP contribution in [0.3, 0.4) is 0 Å². The summed E-state index contributed by atoms with van der Waals surface area (Å²) >= 11 is 0. The Morgan fingerprint density at radius 3 is 2.16 bits per heavy atom. The Hall–Kier alpha value is -2.42. The van der Waals surface area contributed by atoms with Gasteiger partial charge in [0, 0.05) is 6.42 Å². The Bertz CT molecular complexity index is 534. The van der Waals surface area contributed by atoms with Crippen molar-refractivity contribution in [1.82, 2.24) is 0 Å². The van der Waals surface area contributed by atoms with Crippen molar-refractivity contribution in [3.05, 3.63) is 71.8 Å². The third kappa shape index (κ3) is 3.78. The number of esters is 1. The molecular formula is C16H14O3. The van der Waals surface area contributed by atoms with Crippen LogP contribution in [0.25, 0.3) is 0 Å². The molecule has 0 fully saturated rings. The third-order valence-electron chi connectivity index (χ3n) is 2.70. The van der Waals surface area contributed by atoms with Crippen molar-refractivity contribution in [3.8, 4) is 0 Å². The number of hydrogen-bond acceptors (Lipinski definition) is 3. The van der Waals surface area contributed by atoms with Gasteiger partial charge in [0.2, 0.25) is 0 Å². The molecule has 0 bridgehead atoms. The van der Waals surface area contributed by atoms with E-state index in [1.807, 2.05) is 36.4 Å². The molecule has 19 heavy (non-hydrogen) atoms. The van der Waals surface area contributed by atoms with Crippen molar-refractivity contribution in [3.63, 3.8) is 0 Å². The molecule has 3 heteroatoms. The van der Waals surface area contributed by atoms with E-state index in [0.717, 1.165) is 5.56 Å². The Morgan fingerprint density at radius 1 is 1.00 bits per heavy atom. The first-order valence-corrected chi connectivity index (χ1v) is 6.05. The number of hydrogen-bond donors (Lipinski definition) is 0. The van der Waals surface area contributed by atoms with Crippen LogP contribution in [0.15, 0.2) is 60.7 Å². The lowest BCUT2D eigenvalue weighted by Gasteiger charge is -2.12. The van der Waals surface area contributed by atoms with Crippen LogP contribution in [0, 0.1) is 0 Å². The van der Waals surface area contributed by atoms with Crippen LogP contribution >= 0.6 is 0 Å². The quantitative estimate of drug-likeness (QED) is 0.608. The molecular weight excluding hydrogens is 240 g/mol. The fourth-order valence-electron chi connectivity index (χ4n) is 1.74. The highest BCUT2D eigenvalue weighted by molar-refractivity contribution is 5.90. The van der Waals surface area contributed by atoms with E-state index in [1.54, 1.807) is 24.3 Å². The van der Waals surface area contributed by atoms with Gasteiger partial charge in [-0.3, -0.25) is 4.79 Å². The molecule has 0 aliphatic rings. The second kappa shape index (κ2) is 6.50. The minimum atomic E-state index is -0.755. The van der Waals surface area contributed by atoms with Gasteiger partial charge in [0.15, 0.2) is 12.4 Å². The molecule has 0 aliphatic carbocycles. The Labute approximate surface area is 111 Å². The molecule has 2 rings (SSSR count). The summed E-state index contributed by atoms with van der Waals surface area (Å²) in [6.07, 6.45) is 0.298. The molecule has 0 heterocycles. The molecule has 0 spiro atoms. The first kappa shape index (κ1) is 13.0. The van der Waals surface area contributed by atoms with Crippen molar-refractivity contribution >= 4 is 12.3 Å². The van der Waals surface area contributed by atoms with E-state index in [4.69, 9.17) is 4.74 Å². The molecule has 1 unspecified atom stereocenters. The number of carbonyl (C=O) groups is 2. The van der Waals surface area contributed by atoms with Gasteiger partial charge in [-0.2, -0.15) is 0 Å². The smallest absolute Gasteiger partial charge is 0.338 e. The summed E-state index contributed by atoms with van der Waals surface area (Å²) in [5.41, 5.74) is 1.41. The van der Waals surface area contributed by atoms with Crippen LogP contribution in [0.1, 0.15) is 15.9 Å². The minimum Gasteiger partial charge on any atom is -0.451 e. The van der Waals surface area contributed by atoms with Crippen molar-refractivity contribution in [2.75, 3.05) is 0 Å². The van der Waals surface area contributed by atoms with Gasteiger partial charge in [0.05, 0.1) is 5.56 Å². The molecule has 0 saturated heterocycles. The summed E-state index contributed by atoms with van der Waals surface area (Å²) in [5.74, 6) is -0.478. The van der Waals surface area contributed by atoms with Gasteiger partial charge in [-0.1, -0.05) is 48.5 Å². The van der Waals surface area contributed by atoms with Crippen molar-refractivity contribution in [2.24, 2.45) is 0 Å². The van der Waals surface area contributed by atoms with Gasteiger partial charge >= 0.3 is 5.97 Å². The Kier molecular flexibility index (Phi) is 4.45. The first-order valence-electron chi connectivity index (χ1n) is 6.05. The predicted molar refractivity (Wildman–Crippen MR) is 71.9 cm³/mol. The molecule has 0 N–H and O–H groups in total. The van der Waals surface area contributed by atoms with Crippen LogP contribution in [0.5, 0.6) is 0 Å². The number of ether oxygens (including phenoxy) is 1. The zero-order chi connectivity index (χ0) is 13.5. The van der Waals surface area contributed by atoms with Crippen molar-refractivity contribution in [1.29, 1.82) is 0 Å². The van der Waals surface area contributed by atoms with E-state index < -0.39 is 12.1 Å². The van der Waals surface area contributed by atoms with Gasteiger partial charge in [-0.05, 0) is 17.7 Å². The molecule has 0 aromatic heterocycles. The molecule has 0 saturated carbocycles. The normalized spacial score (nSPS) is 11.6. The van der Waals surface area contributed by atoms with Crippen LogP contribution in [-0.2, 0) is 16.0 Å². The number of carbonyl (C=O) groups excluding carboxylic acids is 2. The molecule has 0 aliphatic heterocycles. The summed E-state index contributed by atoms with van der Waals surface area (Å²) in [5, 5.41) is 0. The van der Waals surface area contributed by atoms with E-state index in [9.17, 15) is 9.59 Å². The summed E-state index contributed by atoms with van der Waals surface area (Å²) in [6, 6.07) is 18.1. The lowest BCUT2D eigenvalue weighted by molar-refractivity contribution is -0.115. The van der Waals surface area contributed by atoms with E-state index in [-0.39, 0.29) is 0 Å². The second-order valence-corrected chi connectivity index (χ2v) is 4.14. The van der Waals surface area contributed by atoms with Crippen molar-refractivity contribution in [2.45, 2.75) is 12.5 Å². The van der Waals surface area contributed by atoms with E-state index in [1.165, 1.54) is 0 Å². The third-order valence-corrected chi connectivity index (χ3v) is 2.70.